The summed E-state index contributed by atoms with van der Waals surface area (Å²) in [5.74, 6) is 1.10. The minimum Gasteiger partial charge on any atom is -0.393 e. The maximum Gasteiger partial charge on any atom is 0.161 e. The highest BCUT2D eigenvalue weighted by atomic mass is 16.3. The van der Waals surface area contributed by atoms with Crippen LogP contribution in [0, 0.1) is 34.5 Å². The number of carbonyl (C=O) groups excluding carboxylic acids is 2. The van der Waals surface area contributed by atoms with E-state index >= 15 is 0 Å². The lowest BCUT2D eigenvalue weighted by Gasteiger charge is -2.60. The second kappa shape index (κ2) is 5.39. The van der Waals surface area contributed by atoms with Gasteiger partial charge in [0.25, 0.3) is 0 Å². The van der Waals surface area contributed by atoms with Crippen molar-refractivity contribution in [3.63, 3.8) is 0 Å². The van der Waals surface area contributed by atoms with E-state index in [1.54, 1.807) is 0 Å². The molecule has 4 aliphatic carbocycles. The number of rotatable bonds is 1. The normalized spacial score (nSPS) is 55.2. The van der Waals surface area contributed by atoms with Gasteiger partial charge in [-0.2, -0.15) is 0 Å². The molecule has 0 aliphatic heterocycles. The minimum atomic E-state index is -1.33. The Balaban J connectivity index is 1.71. The number of aliphatic hydroxyl groups is 2. The summed E-state index contributed by atoms with van der Waals surface area (Å²) in [6, 6.07) is 0. The summed E-state index contributed by atoms with van der Waals surface area (Å²) < 4.78 is 0. The van der Waals surface area contributed by atoms with E-state index in [2.05, 4.69) is 6.92 Å². The molecule has 0 aromatic rings. The van der Waals surface area contributed by atoms with Crippen molar-refractivity contribution in [2.45, 2.75) is 83.8 Å². The van der Waals surface area contributed by atoms with Crippen molar-refractivity contribution >= 4 is 11.6 Å². The van der Waals surface area contributed by atoms with Crippen molar-refractivity contribution in [2.75, 3.05) is 0 Å². The van der Waals surface area contributed by atoms with Crippen LogP contribution >= 0.6 is 0 Å². The average molecular weight is 348 g/mol. The Morgan fingerprint density at radius 1 is 1.12 bits per heavy atom. The summed E-state index contributed by atoms with van der Waals surface area (Å²) in [5, 5.41) is 21.2. The number of ketones is 2. The van der Waals surface area contributed by atoms with E-state index in [4.69, 9.17) is 0 Å². The van der Waals surface area contributed by atoms with Crippen LogP contribution in [0.3, 0.4) is 0 Å². The zero-order valence-corrected chi connectivity index (χ0v) is 15.8. The van der Waals surface area contributed by atoms with E-state index in [9.17, 15) is 19.8 Å². The Hall–Kier alpha value is -0.740. The van der Waals surface area contributed by atoms with Gasteiger partial charge in [-0.05, 0) is 75.0 Å². The lowest BCUT2D eigenvalue weighted by atomic mass is 9.44. The molecular weight excluding hydrogens is 316 g/mol. The highest BCUT2D eigenvalue weighted by Crippen LogP contribution is 2.67. The molecule has 25 heavy (non-hydrogen) atoms. The standard InChI is InChI=1S/C21H32O4/c1-12(22)21(25)9-7-16-15-5-4-13-10-14(23)6-8-19(13,2)18(15)17(24)11-20(16,21)3/h13-16,18,23,25H,4-11H2,1-3H3/t13-,14-,15+,16+,18-,19+,20+,21+/m1/s1. The predicted octanol–water partition coefficient (Wildman–Crippen LogP) is 2.89. The second-order valence-electron chi connectivity index (χ2n) is 9.97. The highest BCUT2D eigenvalue weighted by Gasteiger charge is 2.68. The Labute approximate surface area is 150 Å². The fraction of sp³-hybridized carbons (Fsp3) is 0.905. The summed E-state index contributed by atoms with van der Waals surface area (Å²) in [7, 11) is 0. The Morgan fingerprint density at radius 2 is 1.84 bits per heavy atom. The van der Waals surface area contributed by atoms with Crippen LogP contribution in [0.4, 0.5) is 0 Å². The van der Waals surface area contributed by atoms with Crippen molar-refractivity contribution in [1.29, 1.82) is 0 Å². The first-order valence-corrected chi connectivity index (χ1v) is 10.1. The van der Waals surface area contributed by atoms with Gasteiger partial charge in [0, 0.05) is 17.8 Å². The molecule has 0 bridgehead atoms. The molecule has 0 aromatic heterocycles. The maximum absolute atomic E-state index is 13.3. The molecule has 0 unspecified atom stereocenters. The molecule has 0 aromatic carbocycles. The fourth-order valence-corrected chi connectivity index (χ4v) is 7.63. The average Bonchev–Trinajstić information content (AvgIpc) is 2.80. The Kier molecular flexibility index (Phi) is 3.81. The van der Waals surface area contributed by atoms with Crippen molar-refractivity contribution in [1.82, 2.24) is 0 Å². The largest absolute Gasteiger partial charge is 0.393 e. The van der Waals surface area contributed by atoms with Gasteiger partial charge in [-0.1, -0.05) is 13.8 Å². The molecule has 4 saturated carbocycles. The van der Waals surface area contributed by atoms with Crippen LogP contribution < -0.4 is 0 Å². The zero-order chi connectivity index (χ0) is 18.2. The molecule has 140 valence electrons. The number of hydrogen-bond donors (Lipinski definition) is 2. The molecule has 4 aliphatic rings. The van der Waals surface area contributed by atoms with Crippen LogP contribution in [0.1, 0.15) is 72.1 Å². The van der Waals surface area contributed by atoms with E-state index in [0.717, 1.165) is 38.5 Å². The van der Waals surface area contributed by atoms with Gasteiger partial charge in [0.2, 0.25) is 0 Å². The summed E-state index contributed by atoms with van der Waals surface area (Å²) in [4.78, 5) is 25.6. The second-order valence-corrected chi connectivity index (χ2v) is 9.97. The van der Waals surface area contributed by atoms with Crippen molar-refractivity contribution < 1.29 is 19.8 Å². The molecule has 4 nitrogen and oxygen atoms in total. The monoisotopic (exact) mass is 348 g/mol. The van der Waals surface area contributed by atoms with Crippen LogP contribution in [0.2, 0.25) is 0 Å². The highest BCUT2D eigenvalue weighted by molar-refractivity contribution is 5.90. The summed E-state index contributed by atoms with van der Waals surface area (Å²) in [6.07, 6.45) is 6.07. The van der Waals surface area contributed by atoms with Crippen molar-refractivity contribution in [3.8, 4) is 0 Å². The van der Waals surface area contributed by atoms with Gasteiger partial charge in [0.05, 0.1) is 6.10 Å². The lowest BCUT2D eigenvalue weighted by Crippen LogP contribution is -2.61. The van der Waals surface area contributed by atoms with Gasteiger partial charge >= 0.3 is 0 Å². The number of Topliss-reactive ketones (excluding diaryl/α,β-unsaturated/α-hetero) is 2. The first kappa shape index (κ1) is 17.7. The smallest absolute Gasteiger partial charge is 0.161 e. The molecule has 0 heterocycles. The van der Waals surface area contributed by atoms with Crippen LogP contribution in [0.15, 0.2) is 0 Å². The van der Waals surface area contributed by atoms with E-state index in [1.165, 1.54) is 6.92 Å². The molecule has 8 atom stereocenters. The molecule has 2 N–H and O–H groups in total. The van der Waals surface area contributed by atoms with Crippen molar-refractivity contribution in [3.05, 3.63) is 0 Å². The Bertz CT molecular complexity index is 615. The summed E-state index contributed by atoms with van der Waals surface area (Å²) in [5.41, 5.74) is -1.95. The van der Waals surface area contributed by atoms with E-state index < -0.39 is 11.0 Å². The first-order valence-electron chi connectivity index (χ1n) is 10.1. The number of fused-ring (bicyclic) bond motifs is 5. The van der Waals surface area contributed by atoms with E-state index in [-0.39, 0.29) is 40.8 Å². The SMILES string of the molecule is CC(=O)[C@@]1(O)CC[C@H]2[C@@H]3CC[C@@H]4C[C@H](O)CC[C@]4(C)[C@H]3C(=O)C[C@@]21C. The minimum absolute atomic E-state index is 0.0164. The van der Waals surface area contributed by atoms with Crippen LogP contribution in [0.25, 0.3) is 0 Å². The van der Waals surface area contributed by atoms with Gasteiger partial charge in [-0.3, -0.25) is 9.59 Å². The van der Waals surface area contributed by atoms with Gasteiger partial charge in [0.15, 0.2) is 5.78 Å². The molecule has 0 saturated heterocycles. The van der Waals surface area contributed by atoms with E-state index in [0.29, 0.717) is 18.8 Å². The third-order valence-electron chi connectivity index (χ3n) is 9.06. The van der Waals surface area contributed by atoms with Gasteiger partial charge < -0.3 is 10.2 Å². The lowest BCUT2D eigenvalue weighted by molar-refractivity contribution is -0.178. The van der Waals surface area contributed by atoms with Gasteiger partial charge in [-0.15, -0.1) is 0 Å². The third-order valence-corrected chi connectivity index (χ3v) is 9.06. The number of hydrogen-bond acceptors (Lipinski definition) is 4. The molecule has 4 fully saturated rings. The van der Waals surface area contributed by atoms with Gasteiger partial charge in [0.1, 0.15) is 11.4 Å². The molecule has 4 rings (SSSR count). The number of aliphatic hydroxyl groups excluding tert-OH is 1. The quantitative estimate of drug-likeness (QED) is 0.764. The van der Waals surface area contributed by atoms with Crippen LogP contribution in [-0.4, -0.2) is 33.5 Å². The molecular formula is C21H32O4. The summed E-state index contributed by atoms with van der Waals surface area (Å²) in [6.45, 7) is 5.73. The molecule has 0 radical (unpaired) electrons. The molecule has 0 spiro atoms. The Morgan fingerprint density at radius 3 is 2.52 bits per heavy atom. The predicted molar refractivity (Wildman–Crippen MR) is 93.8 cm³/mol. The van der Waals surface area contributed by atoms with Crippen LogP contribution in [-0.2, 0) is 9.59 Å². The van der Waals surface area contributed by atoms with Crippen LogP contribution in [0.5, 0.6) is 0 Å². The zero-order valence-electron chi connectivity index (χ0n) is 15.8. The third kappa shape index (κ3) is 2.13. The topological polar surface area (TPSA) is 74.6 Å². The summed E-state index contributed by atoms with van der Waals surface area (Å²) >= 11 is 0. The van der Waals surface area contributed by atoms with Crippen molar-refractivity contribution in [2.24, 2.45) is 34.5 Å². The molecule has 4 heteroatoms. The molecule has 0 amide bonds. The van der Waals surface area contributed by atoms with Gasteiger partial charge in [-0.25, -0.2) is 0 Å². The first-order chi connectivity index (χ1) is 11.6. The fourth-order valence-electron chi connectivity index (χ4n) is 7.63. The number of carbonyl (C=O) groups is 2. The maximum atomic E-state index is 13.3. The van der Waals surface area contributed by atoms with E-state index in [1.807, 2.05) is 6.92 Å².